The minimum absolute atomic E-state index is 0.262. The number of benzene rings is 1. The highest BCUT2D eigenvalue weighted by molar-refractivity contribution is 5.86. The van der Waals surface area contributed by atoms with Crippen LogP contribution in [-0.2, 0) is 16.0 Å². The van der Waals surface area contributed by atoms with E-state index in [1.807, 2.05) is 25.1 Å². The first kappa shape index (κ1) is 24.3. The average Bonchev–Trinajstić information content (AvgIpc) is 3.17. The SMILES string of the molecule is C1CCC(NC2CCCCC2)CC1.CC(=O)N[C@H](Cc1c[nH]c2ccc(C)cc12)C(=O)O. The fraction of sp³-hybridized carbons (Fsp3) is 0.615. The second-order valence-electron chi connectivity index (χ2n) is 9.49. The van der Waals surface area contributed by atoms with Crippen molar-refractivity contribution >= 4 is 22.8 Å². The lowest BCUT2D eigenvalue weighted by Crippen LogP contribution is -2.41. The van der Waals surface area contributed by atoms with Gasteiger partial charge in [-0.15, -0.1) is 0 Å². The zero-order chi connectivity index (χ0) is 22.9. The Morgan fingerprint density at radius 1 is 1.03 bits per heavy atom. The lowest BCUT2D eigenvalue weighted by atomic mass is 9.91. The number of aromatic amines is 1. The predicted octanol–water partition coefficient (Wildman–Crippen LogP) is 4.85. The number of carbonyl (C=O) groups is 2. The van der Waals surface area contributed by atoms with Gasteiger partial charge in [0.2, 0.25) is 5.91 Å². The summed E-state index contributed by atoms with van der Waals surface area (Å²) >= 11 is 0. The van der Waals surface area contributed by atoms with E-state index in [1.165, 1.54) is 71.1 Å². The van der Waals surface area contributed by atoms with Crippen molar-refractivity contribution < 1.29 is 14.7 Å². The number of H-pyrrole nitrogens is 1. The summed E-state index contributed by atoms with van der Waals surface area (Å²) < 4.78 is 0. The van der Waals surface area contributed by atoms with E-state index < -0.39 is 12.0 Å². The van der Waals surface area contributed by atoms with Crippen molar-refractivity contribution in [3.8, 4) is 0 Å². The van der Waals surface area contributed by atoms with Gasteiger partial charge in [-0.3, -0.25) is 4.79 Å². The lowest BCUT2D eigenvalue weighted by molar-refractivity contribution is -0.141. The van der Waals surface area contributed by atoms with Gasteiger partial charge in [0.1, 0.15) is 6.04 Å². The Balaban J connectivity index is 0.000000193. The van der Waals surface area contributed by atoms with Crippen LogP contribution in [0.25, 0.3) is 10.9 Å². The third-order valence-corrected chi connectivity index (χ3v) is 6.70. The highest BCUT2D eigenvalue weighted by Gasteiger charge is 2.21. The van der Waals surface area contributed by atoms with Crippen LogP contribution in [0.1, 0.15) is 82.3 Å². The predicted molar refractivity (Wildman–Crippen MR) is 129 cm³/mol. The number of aromatic nitrogens is 1. The summed E-state index contributed by atoms with van der Waals surface area (Å²) in [5.41, 5.74) is 2.96. The number of aryl methyl sites for hydroxylation is 1. The van der Waals surface area contributed by atoms with Crippen LogP contribution < -0.4 is 10.6 Å². The van der Waals surface area contributed by atoms with E-state index in [2.05, 4.69) is 15.6 Å². The first-order valence-corrected chi connectivity index (χ1v) is 12.2. The first-order chi connectivity index (χ1) is 15.4. The molecule has 2 fully saturated rings. The number of carboxylic acid groups (broad SMARTS) is 1. The third-order valence-electron chi connectivity index (χ3n) is 6.70. The first-order valence-electron chi connectivity index (χ1n) is 12.2. The highest BCUT2D eigenvalue weighted by atomic mass is 16.4. The number of hydrogen-bond donors (Lipinski definition) is 4. The topological polar surface area (TPSA) is 94.2 Å². The van der Waals surface area contributed by atoms with E-state index in [1.54, 1.807) is 6.20 Å². The van der Waals surface area contributed by atoms with Crippen LogP contribution in [0.4, 0.5) is 0 Å². The molecular formula is C26H39N3O3. The van der Waals surface area contributed by atoms with Gasteiger partial charge in [0.05, 0.1) is 0 Å². The van der Waals surface area contributed by atoms with Gasteiger partial charge >= 0.3 is 5.97 Å². The second-order valence-corrected chi connectivity index (χ2v) is 9.49. The summed E-state index contributed by atoms with van der Waals surface area (Å²) in [4.78, 5) is 25.3. The maximum Gasteiger partial charge on any atom is 0.326 e. The van der Waals surface area contributed by atoms with E-state index >= 15 is 0 Å². The van der Waals surface area contributed by atoms with Crippen LogP contribution in [0.15, 0.2) is 24.4 Å². The molecule has 0 radical (unpaired) electrons. The molecule has 2 aliphatic carbocycles. The zero-order valence-corrected chi connectivity index (χ0v) is 19.6. The Kier molecular flexibility index (Phi) is 9.15. The Hall–Kier alpha value is -2.34. The van der Waals surface area contributed by atoms with Crippen molar-refractivity contribution in [1.29, 1.82) is 0 Å². The fourth-order valence-electron chi connectivity index (χ4n) is 5.00. The molecule has 2 aromatic rings. The largest absolute Gasteiger partial charge is 0.480 e. The van der Waals surface area contributed by atoms with Crippen LogP contribution in [0.5, 0.6) is 0 Å². The maximum absolute atomic E-state index is 11.1. The molecule has 176 valence electrons. The van der Waals surface area contributed by atoms with E-state index in [-0.39, 0.29) is 12.3 Å². The van der Waals surface area contributed by atoms with E-state index in [9.17, 15) is 9.59 Å². The molecule has 0 aliphatic heterocycles. The summed E-state index contributed by atoms with van der Waals surface area (Å²) in [6.45, 7) is 3.30. The molecular weight excluding hydrogens is 402 g/mol. The molecule has 1 amide bonds. The molecule has 32 heavy (non-hydrogen) atoms. The van der Waals surface area contributed by atoms with Gasteiger partial charge in [-0.1, -0.05) is 50.2 Å². The molecule has 2 saturated carbocycles. The van der Waals surface area contributed by atoms with Crippen molar-refractivity contribution in [1.82, 2.24) is 15.6 Å². The Bertz CT molecular complexity index is 864. The smallest absolute Gasteiger partial charge is 0.326 e. The van der Waals surface area contributed by atoms with Crippen molar-refractivity contribution in [2.75, 3.05) is 0 Å². The summed E-state index contributed by atoms with van der Waals surface area (Å²) in [5, 5.41) is 16.4. The Morgan fingerprint density at radius 3 is 2.16 bits per heavy atom. The second kappa shape index (κ2) is 12.0. The van der Waals surface area contributed by atoms with Crippen molar-refractivity contribution in [2.24, 2.45) is 0 Å². The summed E-state index contributed by atoms with van der Waals surface area (Å²) in [7, 11) is 0. The summed E-state index contributed by atoms with van der Waals surface area (Å²) in [6.07, 6.45) is 16.6. The van der Waals surface area contributed by atoms with Gasteiger partial charge in [-0.05, 0) is 50.3 Å². The number of carboxylic acids is 1. The van der Waals surface area contributed by atoms with E-state index in [0.29, 0.717) is 0 Å². The number of aliphatic carboxylic acids is 1. The molecule has 0 bridgehead atoms. The molecule has 1 heterocycles. The van der Waals surface area contributed by atoms with Gasteiger partial charge in [0, 0.05) is 42.5 Å². The molecule has 0 saturated heterocycles. The molecule has 6 nitrogen and oxygen atoms in total. The van der Waals surface area contributed by atoms with Gasteiger partial charge in [0.25, 0.3) is 0 Å². The average molecular weight is 442 g/mol. The zero-order valence-electron chi connectivity index (χ0n) is 19.6. The van der Waals surface area contributed by atoms with Crippen molar-refractivity contribution in [2.45, 2.75) is 103 Å². The van der Waals surface area contributed by atoms with Crippen LogP contribution >= 0.6 is 0 Å². The fourth-order valence-corrected chi connectivity index (χ4v) is 5.00. The lowest BCUT2D eigenvalue weighted by Gasteiger charge is -2.30. The minimum Gasteiger partial charge on any atom is -0.480 e. The number of carbonyl (C=O) groups excluding carboxylic acids is 1. The molecule has 6 heteroatoms. The Labute approximate surface area is 191 Å². The van der Waals surface area contributed by atoms with Crippen molar-refractivity contribution in [3.63, 3.8) is 0 Å². The number of hydrogen-bond acceptors (Lipinski definition) is 3. The number of nitrogens with one attached hydrogen (secondary N) is 3. The summed E-state index contributed by atoms with van der Waals surface area (Å²) in [5.74, 6) is -1.37. The van der Waals surface area contributed by atoms with Gasteiger partial charge in [-0.25, -0.2) is 4.79 Å². The van der Waals surface area contributed by atoms with Crippen LogP contribution in [-0.4, -0.2) is 40.1 Å². The monoisotopic (exact) mass is 441 g/mol. The van der Waals surface area contributed by atoms with E-state index in [4.69, 9.17) is 5.11 Å². The molecule has 1 atom stereocenters. The molecule has 1 aromatic heterocycles. The third kappa shape index (κ3) is 7.37. The van der Waals surface area contributed by atoms with Crippen molar-refractivity contribution in [3.05, 3.63) is 35.5 Å². The normalized spacial score (nSPS) is 18.6. The minimum atomic E-state index is -1.03. The molecule has 2 aliphatic rings. The molecule has 4 N–H and O–H groups in total. The number of rotatable bonds is 6. The highest BCUT2D eigenvalue weighted by Crippen LogP contribution is 2.23. The maximum atomic E-state index is 11.1. The Morgan fingerprint density at radius 2 is 1.62 bits per heavy atom. The molecule has 0 spiro atoms. The van der Waals surface area contributed by atoms with Crippen LogP contribution in [0.3, 0.4) is 0 Å². The van der Waals surface area contributed by atoms with Gasteiger partial charge in [0.15, 0.2) is 0 Å². The van der Waals surface area contributed by atoms with Crippen LogP contribution in [0, 0.1) is 6.92 Å². The molecule has 0 unspecified atom stereocenters. The van der Waals surface area contributed by atoms with Gasteiger partial charge < -0.3 is 20.7 Å². The number of fused-ring (bicyclic) bond motifs is 1. The van der Waals surface area contributed by atoms with E-state index in [0.717, 1.165) is 34.1 Å². The van der Waals surface area contributed by atoms with Crippen LogP contribution in [0.2, 0.25) is 0 Å². The number of amides is 1. The molecule has 1 aromatic carbocycles. The van der Waals surface area contributed by atoms with Gasteiger partial charge in [-0.2, -0.15) is 0 Å². The summed E-state index contributed by atoms with van der Waals surface area (Å²) in [6, 6.07) is 6.80. The molecule has 4 rings (SSSR count). The standard InChI is InChI=1S/C14H16N2O3.C12H23N/c1-8-3-4-12-11(5-8)10(7-15-12)6-13(14(18)19)16-9(2)17;1-3-7-11(8-4-1)13-12-9-5-2-6-10-12/h3-5,7,13,15H,6H2,1-2H3,(H,16,17)(H,18,19);11-13H,1-10H2/t13-;/m1./s1. The quantitative estimate of drug-likeness (QED) is 0.515.